The molecule has 0 N–H and O–H groups in total. The van der Waals surface area contributed by atoms with Crippen LogP contribution in [0.1, 0.15) is 21.5 Å². The van der Waals surface area contributed by atoms with Crippen molar-refractivity contribution >= 4 is 17.4 Å². The molecule has 112 valence electrons. The van der Waals surface area contributed by atoms with Crippen LogP contribution in [0, 0.1) is 5.82 Å². The topological polar surface area (TPSA) is 20.3 Å². The van der Waals surface area contributed by atoms with Gasteiger partial charge in [0.2, 0.25) is 0 Å². The van der Waals surface area contributed by atoms with Gasteiger partial charge in [-0.15, -0.1) is 0 Å². The Labute approximate surface area is 133 Å². The number of ketones is 1. The lowest BCUT2D eigenvalue weighted by molar-refractivity contribution is 0.103. The van der Waals surface area contributed by atoms with Crippen molar-refractivity contribution in [3.05, 3.63) is 82.1 Å². The quantitative estimate of drug-likeness (QED) is 0.626. The molecule has 0 radical (unpaired) electrons. The molecule has 0 spiro atoms. The van der Waals surface area contributed by atoms with Crippen molar-refractivity contribution in [2.75, 3.05) is 13.1 Å². The van der Waals surface area contributed by atoms with Gasteiger partial charge in [0.1, 0.15) is 5.82 Å². The summed E-state index contributed by atoms with van der Waals surface area (Å²) in [6.07, 6.45) is 4.28. The number of benzene rings is 2. The molecule has 22 heavy (non-hydrogen) atoms. The van der Waals surface area contributed by atoms with Gasteiger partial charge in [-0.1, -0.05) is 48.0 Å². The van der Waals surface area contributed by atoms with Gasteiger partial charge in [-0.05, 0) is 23.8 Å². The highest BCUT2D eigenvalue weighted by Gasteiger charge is 2.14. The summed E-state index contributed by atoms with van der Waals surface area (Å²) in [4.78, 5) is 14.6. The van der Waals surface area contributed by atoms with Gasteiger partial charge in [0.15, 0.2) is 5.78 Å². The predicted octanol–water partition coefficient (Wildman–Crippen LogP) is 4.08. The van der Waals surface area contributed by atoms with Gasteiger partial charge in [0.25, 0.3) is 0 Å². The van der Waals surface area contributed by atoms with Crippen molar-refractivity contribution in [2.24, 2.45) is 0 Å². The molecule has 1 heterocycles. The maximum absolute atomic E-state index is 13.8. The molecule has 2 nitrogen and oxygen atoms in total. The first-order chi connectivity index (χ1) is 10.6. The minimum atomic E-state index is -0.593. The van der Waals surface area contributed by atoms with Crippen LogP contribution < -0.4 is 0 Å². The van der Waals surface area contributed by atoms with Crippen LogP contribution in [0.5, 0.6) is 0 Å². The van der Waals surface area contributed by atoms with E-state index in [1.54, 1.807) is 12.1 Å². The summed E-state index contributed by atoms with van der Waals surface area (Å²) in [6.45, 7) is 2.75. The van der Waals surface area contributed by atoms with Crippen molar-refractivity contribution in [1.29, 1.82) is 0 Å². The fourth-order valence-electron chi connectivity index (χ4n) is 2.50. The van der Waals surface area contributed by atoms with Gasteiger partial charge in [0.05, 0.1) is 5.56 Å². The molecule has 0 saturated heterocycles. The smallest absolute Gasteiger partial charge is 0.195 e. The normalized spacial score (nSPS) is 14.5. The third-order valence-electron chi connectivity index (χ3n) is 3.69. The lowest BCUT2D eigenvalue weighted by atomic mass is 10.0. The Morgan fingerprint density at radius 2 is 1.77 bits per heavy atom. The summed E-state index contributed by atoms with van der Waals surface area (Å²) < 4.78 is 13.8. The zero-order valence-corrected chi connectivity index (χ0v) is 12.7. The molecule has 0 aromatic heterocycles. The molecule has 0 unspecified atom stereocenters. The molecular weight excluding hydrogens is 301 g/mol. The third-order valence-corrected chi connectivity index (χ3v) is 3.93. The average molecular weight is 316 g/mol. The van der Waals surface area contributed by atoms with Gasteiger partial charge < -0.3 is 0 Å². The second kappa shape index (κ2) is 6.42. The second-order valence-corrected chi connectivity index (χ2v) is 5.75. The maximum Gasteiger partial charge on any atom is 0.195 e. The van der Waals surface area contributed by atoms with E-state index in [-0.39, 0.29) is 16.4 Å². The number of rotatable bonds is 4. The summed E-state index contributed by atoms with van der Waals surface area (Å²) in [7, 11) is 0. The second-order valence-electron chi connectivity index (χ2n) is 5.32. The van der Waals surface area contributed by atoms with Crippen molar-refractivity contribution < 1.29 is 9.18 Å². The van der Waals surface area contributed by atoms with E-state index in [1.807, 2.05) is 12.1 Å². The van der Waals surface area contributed by atoms with Crippen LogP contribution in [0.15, 0.2) is 54.6 Å². The number of hydrogen-bond donors (Lipinski definition) is 0. The number of nitrogens with zero attached hydrogens (tertiary/aromatic N) is 1. The summed E-state index contributed by atoms with van der Waals surface area (Å²) in [6, 6.07) is 11.4. The molecule has 3 rings (SSSR count). The van der Waals surface area contributed by atoms with Gasteiger partial charge >= 0.3 is 0 Å². The van der Waals surface area contributed by atoms with Crippen LogP contribution in [0.3, 0.4) is 0 Å². The average Bonchev–Trinajstić information content (AvgIpc) is 3.00. The van der Waals surface area contributed by atoms with E-state index in [9.17, 15) is 9.18 Å². The maximum atomic E-state index is 13.8. The van der Waals surface area contributed by atoms with E-state index >= 15 is 0 Å². The number of hydrogen-bond acceptors (Lipinski definition) is 2. The minimum Gasteiger partial charge on any atom is -0.292 e. The molecule has 2 aromatic rings. The first kappa shape index (κ1) is 14.9. The monoisotopic (exact) mass is 315 g/mol. The van der Waals surface area contributed by atoms with Gasteiger partial charge in [-0.3, -0.25) is 9.69 Å². The number of carbonyl (C=O) groups excluding carboxylic acids is 1. The lowest BCUT2D eigenvalue weighted by Gasteiger charge is -2.14. The molecule has 0 bridgehead atoms. The summed E-state index contributed by atoms with van der Waals surface area (Å²) >= 11 is 5.71. The Morgan fingerprint density at radius 1 is 1.09 bits per heavy atom. The molecule has 0 amide bonds. The van der Waals surface area contributed by atoms with Crippen LogP contribution in [0.4, 0.5) is 4.39 Å². The summed E-state index contributed by atoms with van der Waals surface area (Å²) in [5.41, 5.74) is 1.65. The minimum absolute atomic E-state index is 0.0425. The van der Waals surface area contributed by atoms with Crippen LogP contribution >= 0.6 is 11.6 Å². The third kappa shape index (κ3) is 3.26. The Kier molecular flexibility index (Phi) is 4.36. The molecule has 0 atom stereocenters. The number of carbonyl (C=O) groups is 1. The van der Waals surface area contributed by atoms with Crippen molar-refractivity contribution in [3.63, 3.8) is 0 Å². The SMILES string of the molecule is O=C(c1ccc(CN2CC=CC2)cc1)c1ccc(Cl)cc1F. The van der Waals surface area contributed by atoms with E-state index in [0.717, 1.165) is 31.3 Å². The molecule has 0 fully saturated rings. The first-order valence-corrected chi connectivity index (χ1v) is 7.47. The molecule has 0 aliphatic carbocycles. The summed E-state index contributed by atoms with van der Waals surface area (Å²) in [5, 5.41) is 0.281. The Balaban J connectivity index is 1.75. The largest absolute Gasteiger partial charge is 0.292 e. The lowest BCUT2D eigenvalue weighted by Crippen LogP contribution is -2.19. The zero-order chi connectivity index (χ0) is 15.5. The fraction of sp³-hybridized carbons (Fsp3) is 0.167. The van der Waals surface area contributed by atoms with E-state index < -0.39 is 5.82 Å². The summed E-state index contributed by atoms with van der Waals surface area (Å²) in [5.74, 6) is -0.923. The van der Waals surface area contributed by atoms with Crippen LogP contribution in [0.25, 0.3) is 0 Å². The molecular formula is C18H15ClFNO. The van der Waals surface area contributed by atoms with Gasteiger partial charge in [0, 0.05) is 30.2 Å². The zero-order valence-electron chi connectivity index (χ0n) is 11.9. The predicted molar refractivity (Wildman–Crippen MR) is 85.7 cm³/mol. The van der Waals surface area contributed by atoms with Crippen molar-refractivity contribution in [2.45, 2.75) is 6.54 Å². The van der Waals surface area contributed by atoms with E-state index in [2.05, 4.69) is 17.1 Å². The van der Waals surface area contributed by atoms with Crippen molar-refractivity contribution in [1.82, 2.24) is 4.90 Å². The van der Waals surface area contributed by atoms with Gasteiger partial charge in [-0.25, -0.2) is 4.39 Å². The standard InChI is InChI=1S/C18H15ClFNO/c19-15-7-8-16(17(20)11-15)18(22)14-5-3-13(4-6-14)12-21-9-1-2-10-21/h1-8,11H,9-10,12H2. The van der Waals surface area contributed by atoms with Crippen LogP contribution in [-0.4, -0.2) is 23.8 Å². The van der Waals surface area contributed by atoms with Crippen LogP contribution in [-0.2, 0) is 6.54 Å². The number of halogens is 2. The molecule has 0 saturated carbocycles. The molecule has 1 aliphatic rings. The molecule has 4 heteroatoms. The van der Waals surface area contributed by atoms with E-state index in [0.29, 0.717) is 5.56 Å². The Morgan fingerprint density at radius 3 is 2.41 bits per heavy atom. The highest BCUT2D eigenvalue weighted by Crippen LogP contribution is 2.19. The highest BCUT2D eigenvalue weighted by atomic mass is 35.5. The Bertz CT molecular complexity index is 716. The van der Waals surface area contributed by atoms with Crippen molar-refractivity contribution in [3.8, 4) is 0 Å². The Hall–Kier alpha value is -1.97. The van der Waals surface area contributed by atoms with Gasteiger partial charge in [-0.2, -0.15) is 0 Å². The highest BCUT2D eigenvalue weighted by molar-refractivity contribution is 6.30. The van der Waals surface area contributed by atoms with E-state index in [1.165, 1.54) is 12.1 Å². The van der Waals surface area contributed by atoms with Crippen LogP contribution in [0.2, 0.25) is 5.02 Å². The molecule has 1 aliphatic heterocycles. The fourth-order valence-corrected chi connectivity index (χ4v) is 2.66. The van der Waals surface area contributed by atoms with E-state index in [4.69, 9.17) is 11.6 Å². The molecule has 2 aromatic carbocycles. The first-order valence-electron chi connectivity index (χ1n) is 7.09.